The molecule has 1 N–H and O–H groups in total. The second-order valence-electron chi connectivity index (χ2n) is 5.42. The van der Waals surface area contributed by atoms with Gasteiger partial charge < -0.3 is 5.32 Å². The number of nitriles is 1. The zero-order valence-corrected chi connectivity index (χ0v) is 11.7. The summed E-state index contributed by atoms with van der Waals surface area (Å²) >= 11 is 0. The molecule has 0 fully saturated rings. The minimum atomic E-state index is 0.0836. The number of aromatic nitrogens is 4. The van der Waals surface area contributed by atoms with Gasteiger partial charge in [0.25, 0.3) is 0 Å². The molecule has 20 heavy (non-hydrogen) atoms. The van der Waals surface area contributed by atoms with E-state index in [-0.39, 0.29) is 5.41 Å². The Bertz CT molecular complexity index is 565. The molecule has 104 valence electrons. The van der Waals surface area contributed by atoms with Crippen LogP contribution in [0.5, 0.6) is 0 Å². The van der Waals surface area contributed by atoms with Crippen molar-refractivity contribution in [3.05, 3.63) is 31.0 Å². The van der Waals surface area contributed by atoms with Gasteiger partial charge in [-0.15, -0.1) is 0 Å². The first kappa shape index (κ1) is 14.0. The fourth-order valence-electron chi connectivity index (χ4n) is 1.78. The van der Waals surface area contributed by atoms with Gasteiger partial charge in [0.15, 0.2) is 5.82 Å². The predicted molar refractivity (Wildman–Crippen MR) is 76.3 cm³/mol. The lowest BCUT2D eigenvalue weighted by molar-refractivity contribution is 0.364. The Hall–Kier alpha value is -2.42. The normalized spacial score (nSPS) is 11.1. The Morgan fingerprint density at radius 2 is 2.25 bits per heavy atom. The van der Waals surface area contributed by atoms with Gasteiger partial charge in [0.2, 0.25) is 0 Å². The molecule has 2 rings (SSSR count). The molecule has 2 heterocycles. The lowest BCUT2D eigenvalue weighted by atomic mass is 9.88. The van der Waals surface area contributed by atoms with Crippen LogP contribution in [0.25, 0.3) is 5.82 Å². The summed E-state index contributed by atoms with van der Waals surface area (Å²) in [5, 5.41) is 16.0. The molecule has 0 unspecified atom stereocenters. The van der Waals surface area contributed by atoms with E-state index in [0.29, 0.717) is 6.42 Å². The fourth-order valence-corrected chi connectivity index (χ4v) is 1.78. The van der Waals surface area contributed by atoms with Crippen molar-refractivity contribution in [1.29, 1.82) is 5.26 Å². The first-order valence-electron chi connectivity index (χ1n) is 6.53. The third kappa shape index (κ3) is 3.79. The highest BCUT2D eigenvalue weighted by Gasteiger charge is 2.17. The number of nitrogens with zero attached hydrogens (tertiary/aromatic N) is 5. The van der Waals surface area contributed by atoms with Gasteiger partial charge in [0.05, 0.1) is 18.0 Å². The Morgan fingerprint density at radius 3 is 2.85 bits per heavy atom. The van der Waals surface area contributed by atoms with E-state index in [2.05, 4.69) is 40.3 Å². The van der Waals surface area contributed by atoms with Crippen LogP contribution in [0.1, 0.15) is 26.7 Å². The van der Waals surface area contributed by atoms with E-state index in [4.69, 9.17) is 5.26 Å². The van der Waals surface area contributed by atoms with Crippen molar-refractivity contribution < 1.29 is 0 Å². The third-order valence-electron chi connectivity index (χ3n) is 3.09. The fraction of sp³-hybridized carbons (Fsp3) is 0.429. The second-order valence-corrected chi connectivity index (χ2v) is 5.42. The molecule has 2 aromatic heterocycles. The number of anilines is 1. The van der Waals surface area contributed by atoms with Crippen LogP contribution in [0.2, 0.25) is 0 Å². The summed E-state index contributed by atoms with van der Waals surface area (Å²) in [6, 6.07) is 6.04. The molecular formula is C14H18N6. The van der Waals surface area contributed by atoms with Crippen molar-refractivity contribution in [2.24, 2.45) is 5.41 Å². The van der Waals surface area contributed by atoms with Crippen LogP contribution >= 0.6 is 0 Å². The van der Waals surface area contributed by atoms with Gasteiger partial charge in [-0.2, -0.15) is 10.4 Å². The topological polar surface area (TPSA) is 79.4 Å². The van der Waals surface area contributed by atoms with Crippen LogP contribution < -0.4 is 5.32 Å². The summed E-state index contributed by atoms with van der Waals surface area (Å²) in [6.07, 6.45) is 6.32. The van der Waals surface area contributed by atoms with Gasteiger partial charge in [-0.3, -0.25) is 0 Å². The minimum Gasteiger partial charge on any atom is -0.383 e. The Kier molecular flexibility index (Phi) is 4.31. The summed E-state index contributed by atoms with van der Waals surface area (Å²) in [6.45, 7) is 5.10. The van der Waals surface area contributed by atoms with E-state index in [9.17, 15) is 0 Å². The van der Waals surface area contributed by atoms with Crippen molar-refractivity contribution >= 4 is 5.69 Å². The molecule has 0 bridgehead atoms. The van der Waals surface area contributed by atoms with Crippen molar-refractivity contribution in [3.63, 3.8) is 0 Å². The van der Waals surface area contributed by atoms with Crippen molar-refractivity contribution in [2.45, 2.75) is 26.7 Å². The van der Waals surface area contributed by atoms with Crippen molar-refractivity contribution in [1.82, 2.24) is 19.7 Å². The summed E-state index contributed by atoms with van der Waals surface area (Å²) in [4.78, 5) is 8.22. The average Bonchev–Trinajstić information content (AvgIpc) is 2.98. The Morgan fingerprint density at radius 1 is 1.40 bits per heavy atom. The van der Waals surface area contributed by atoms with E-state index in [1.54, 1.807) is 17.2 Å². The van der Waals surface area contributed by atoms with Gasteiger partial charge in [-0.1, -0.05) is 13.8 Å². The molecule has 0 saturated heterocycles. The molecule has 0 saturated carbocycles. The molecule has 0 spiro atoms. The Balaban J connectivity index is 1.93. The van der Waals surface area contributed by atoms with E-state index >= 15 is 0 Å². The third-order valence-corrected chi connectivity index (χ3v) is 3.09. The number of pyridine rings is 1. The second kappa shape index (κ2) is 6.15. The first-order chi connectivity index (χ1) is 9.61. The van der Waals surface area contributed by atoms with Crippen LogP contribution in [-0.4, -0.2) is 26.3 Å². The average molecular weight is 270 g/mol. The monoisotopic (exact) mass is 270 g/mol. The number of nitrogens with one attached hydrogen (secondary N) is 1. The quantitative estimate of drug-likeness (QED) is 0.871. The number of hydrogen-bond acceptors (Lipinski definition) is 5. The highest BCUT2D eigenvalue weighted by Crippen LogP contribution is 2.22. The maximum atomic E-state index is 8.64. The SMILES string of the molecule is CC(C)(CCC#N)CNc1ccc(-n2cncn2)nc1. The molecule has 6 heteroatoms. The zero-order chi connectivity index (χ0) is 14.4. The summed E-state index contributed by atoms with van der Waals surface area (Å²) in [5.41, 5.74) is 1.04. The highest BCUT2D eigenvalue weighted by atomic mass is 15.3. The van der Waals surface area contributed by atoms with Crippen molar-refractivity contribution in [3.8, 4) is 11.9 Å². The van der Waals surface area contributed by atoms with Crippen molar-refractivity contribution in [2.75, 3.05) is 11.9 Å². The van der Waals surface area contributed by atoms with Crippen LogP contribution in [0.15, 0.2) is 31.0 Å². The zero-order valence-electron chi connectivity index (χ0n) is 11.7. The van der Waals surface area contributed by atoms with Gasteiger partial charge >= 0.3 is 0 Å². The first-order valence-corrected chi connectivity index (χ1v) is 6.53. The minimum absolute atomic E-state index is 0.0836. The van der Waals surface area contributed by atoms with Gasteiger partial charge in [0, 0.05) is 13.0 Å². The van der Waals surface area contributed by atoms with E-state index in [1.165, 1.54) is 6.33 Å². The van der Waals surface area contributed by atoms with Crippen LogP contribution in [0.3, 0.4) is 0 Å². The molecule has 0 aliphatic rings. The smallest absolute Gasteiger partial charge is 0.155 e. The standard InChI is InChI=1S/C14H18N6/c1-14(2,6-3-7-15)9-18-12-4-5-13(17-8-12)20-11-16-10-19-20/h4-5,8,10-11,18H,3,6,9H2,1-2H3. The summed E-state index contributed by atoms with van der Waals surface area (Å²) in [7, 11) is 0. The molecule has 6 nitrogen and oxygen atoms in total. The molecule has 0 aliphatic heterocycles. The Labute approximate surface area is 118 Å². The number of hydrogen-bond donors (Lipinski definition) is 1. The maximum absolute atomic E-state index is 8.64. The van der Waals surface area contributed by atoms with Crippen LogP contribution in [0.4, 0.5) is 5.69 Å². The summed E-state index contributed by atoms with van der Waals surface area (Å²) in [5.74, 6) is 0.733. The molecule has 0 radical (unpaired) electrons. The van der Waals surface area contributed by atoms with E-state index in [1.807, 2.05) is 12.1 Å². The molecular weight excluding hydrogens is 252 g/mol. The van der Waals surface area contributed by atoms with E-state index in [0.717, 1.165) is 24.5 Å². The molecule has 0 aromatic carbocycles. The summed E-state index contributed by atoms with van der Waals surface area (Å²) < 4.78 is 1.61. The number of rotatable bonds is 6. The molecule has 0 atom stereocenters. The largest absolute Gasteiger partial charge is 0.383 e. The predicted octanol–water partition coefficient (Wildman–Crippen LogP) is 2.40. The molecule has 0 aliphatic carbocycles. The van der Waals surface area contributed by atoms with Crippen LogP contribution in [-0.2, 0) is 0 Å². The van der Waals surface area contributed by atoms with Crippen LogP contribution in [0, 0.1) is 16.7 Å². The van der Waals surface area contributed by atoms with Gasteiger partial charge in [-0.25, -0.2) is 14.6 Å². The van der Waals surface area contributed by atoms with Gasteiger partial charge in [0.1, 0.15) is 12.7 Å². The lowest BCUT2D eigenvalue weighted by Gasteiger charge is -2.24. The van der Waals surface area contributed by atoms with E-state index < -0.39 is 0 Å². The molecule has 2 aromatic rings. The highest BCUT2D eigenvalue weighted by molar-refractivity contribution is 5.43. The maximum Gasteiger partial charge on any atom is 0.155 e. The lowest BCUT2D eigenvalue weighted by Crippen LogP contribution is -2.23. The molecule has 0 amide bonds. The van der Waals surface area contributed by atoms with Gasteiger partial charge in [-0.05, 0) is 24.0 Å².